The predicted octanol–water partition coefficient (Wildman–Crippen LogP) is 4.08. The van der Waals surface area contributed by atoms with Crippen LogP contribution in [-0.4, -0.2) is 53.7 Å². The molecule has 10 heteroatoms. The fraction of sp³-hybridized carbons (Fsp3) is 0.444. The first-order valence-electron chi connectivity index (χ1n) is 12.2. The highest BCUT2D eigenvalue weighted by atomic mass is 32.2. The first-order chi connectivity index (χ1) is 17.6. The topological polar surface area (TPSA) is 136 Å². The maximum Gasteiger partial charge on any atom is 0.410 e. The molecule has 2 heterocycles. The van der Waals surface area contributed by atoms with E-state index in [1.54, 1.807) is 4.90 Å². The number of nitriles is 2. The number of carbonyl (C=O) groups excluding carboxylic acids is 2. The molecule has 4 rings (SSSR count). The van der Waals surface area contributed by atoms with E-state index in [0.29, 0.717) is 53.7 Å². The van der Waals surface area contributed by atoms with Crippen molar-refractivity contribution in [3.63, 3.8) is 0 Å². The van der Waals surface area contributed by atoms with E-state index in [0.717, 1.165) is 30.2 Å². The normalized spacial score (nSPS) is 16.5. The highest BCUT2D eigenvalue weighted by molar-refractivity contribution is 8.00. The number of hydrogen-bond donors (Lipinski definition) is 1. The molecule has 1 saturated carbocycles. The van der Waals surface area contributed by atoms with E-state index in [2.05, 4.69) is 12.1 Å². The van der Waals surface area contributed by atoms with Crippen molar-refractivity contribution in [3.8, 4) is 12.1 Å². The van der Waals surface area contributed by atoms with Gasteiger partial charge in [0, 0.05) is 26.2 Å². The Balaban J connectivity index is 1.69. The number of thioether (sulfide) groups is 1. The molecular weight excluding hydrogens is 488 g/mol. The summed E-state index contributed by atoms with van der Waals surface area (Å²) in [6.45, 7) is 7.22. The van der Waals surface area contributed by atoms with Gasteiger partial charge in [-0.15, -0.1) is 0 Å². The van der Waals surface area contributed by atoms with Gasteiger partial charge in [-0.05, 0) is 50.7 Å². The second-order valence-corrected chi connectivity index (χ2v) is 11.3. The van der Waals surface area contributed by atoms with Crippen LogP contribution in [0.3, 0.4) is 0 Å². The maximum atomic E-state index is 12.5. The number of amides is 2. The zero-order chi connectivity index (χ0) is 26.7. The minimum atomic E-state index is -0.738. The van der Waals surface area contributed by atoms with Crippen LogP contribution < -0.4 is 10.6 Å². The molecule has 2 N–H and O–H groups in total. The summed E-state index contributed by atoms with van der Waals surface area (Å²) in [5, 5.41) is 19.9. The lowest BCUT2D eigenvalue weighted by atomic mass is 9.99. The predicted molar refractivity (Wildman–Crippen MR) is 140 cm³/mol. The summed E-state index contributed by atoms with van der Waals surface area (Å²) in [7, 11) is 0. The molecule has 9 nitrogen and oxygen atoms in total. The Bertz CT molecular complexity index is 1270. The number of piperazine rings is 1. The van der Waals surface area contributed by atoms with E-state index in [9.17, 15) is 20.1 Å². The summed E-state index contributed by atoms with van der Waals surface area (Å²) in [4.78, 5) is 33.3. The number of benzene rings is 1. The number of anilines is 1. The Morgan fingerprint density at radius 3 is 2.22 bits per heavy atom. The van der Waals surface area contributed by atoms with Gasteiger partial charge in [-0.1, -0.05) is 42.1 Å². The first kappa shape index (κ1) is 26.3. The van der Waals surface area contributed by atoms with Crippen molar-refractivity contribution in [1.82, 2.24) is 9.88 Å². The summed E-state index contributed by atoms with van der Waals surface area (Å²) < 4.78 is 5.50. The smallest absolute Gasteiger partial charge is 0.410 e. The lowest BCUT2D eigenvalue weighted by Crippen LogP contribution is -2.50. The van der Waals surface area contributed by atoms with E-state index >= 15 is 0 Å². The van der Waals surface area contributed by atoms with Gasteiger partial charge in [-0.25, -0.2) is 9.78 Å². The Hall–Kier alpha value is -3.76. The second-order valence-electron chi connectivity index (χ2n) is 10.2. The van der Waals surface area contributed by atoms with Gasteiger partial charge < -0.3 is 20.3 Å². The minimum Gasteiger partial charge on any atom is -0.444 e. The summed E-state index contributed by atoms with van der Waals surface area (Å²) >= 11 is 1.14. The highest BCUT2D eigenvalue weighted by Crippen LogP contribution is 2.48. The molecule has 2 fully saturated rings. The Labute approximate surface area is 221 Å². The number of nitrogens with two attached hydrogens (primary N) is 1. The average Bonchev–Trinajstić information content (AvgIpc) is 3.71. The highest BCUT2D eigenvalue weighted by Gasteiger charge is 2.36. The second kappa shape index (κ2) is 10.7. The molecular formula is C27H30N6O3S. The average molecular weight is 519 g/mol. The van der Waals surface area contributed by atoms with Crippen LogP contribution in [-0.2, 0) is 9.53 Å². The number of carbonyl (C=O) groups is 2. The molecule has 1 atom stereocenters. The van der Waals surface area contributed by atoms with Gasteiger partial charge in [0.15, 0.2) is 0 Å². The Kier molecular flexibility index (Phi) is 7.60. The minimum absolute atomic E-state index is 0.109. The molecule has 0 spiro atoms. The fourth-order valence-corrected chi connectivity index (χ4v) is 5.38. The molecule has 1 unspecified atom stereocenters. The van der Waals surface area contributed by atoms with Crippen LogP contribution in [0.25, 0.3) is 0 Å². The van der Waals surface area contributed by atoms with Gasteiger partial charge in [-0.3, -0.25) is 4.79 Å². The molecule has 0 radical (unpaired) electrons. The SMILES string of the molecule is CC(C)(C)OC(=O)N1CCN(c2nc(SC(C(N)=O)c3ccccc3)c(C#N)c(C3CC3)c2C#N)CC1. The lowest BCUT2D eigenvalue weighted by Gasteiger charge is -2.37. The quantitative estimate of drug-likeness (QED) is 0.565. The van der Waals surface area contributed by atoms with Gasteiger partial charge in [0.25, 0.3) is 0 Å². The zero-order valence-corrected chi connectivity index (χ0v) is 22.0. The molecule has 0 bridgehead atoms. The van der Waals surface area contributed by atoms with Crippen LogP contribution in [0, 0.1) is 22.7 Å². The van der Waals surface area contributed by atoms with Crippen molar-refractivity contribution in [3.05, 3.63) is 52.6 Å². The molecule has 2 aliphatic rings. The fourth-order valence-electron chi connectivity index (χ4n) is 4.34. The number of pyridine rings is 1. The van der Waals surface area contributed by atoms with Crippen molar-refractivity contribution in [1.29, 1.82) is 10.5 Å². The van der Waals surface area contributed by atoms with Gasteiger partial charge in [0.1, 0.15) is 33.8 Å². The molecule has 1 saturated heterocycles. The third-order valence-electron chi connectivity index (χ3n) is 6.21. The van der Waals surface area contributed by atoms with Crippen LogP contribution in [0.2, 0.25) is 0 Å². The largest absolute Gasteiger partial charge is 0.444 e. The molecule has 1 aliphatic heterocycles. The van der Waals surface area contributed by atoms with E-state index in [4.69, 9.17) is 15.5 Å². The lowest BCUT2D eigenvalue weighted by molar-refractivity contribution is -0.117. The van der Waals surface area contributed by atoms with Crippen LogP contribution in [0.4, 0.5) is 10.6 Å². The third-order valence-corrected chi connectivity index (χ3v) is 7.47. The van der Waals surface area contributed by atoms with Crippen LogP contribution in [0.1, 0.15) is 67.0 Å². The van der Waals surface area contributed by atoms with E-state index in [-0.39, 0.29) is 12.0 Å². The standard InChI is InChI=1S/C27H30N6O3S/c1-27(2,3)36-26(35)33-13-11-32(12-14-33)24-19(15-28)21(17-9-10-17)20(16-29)25(31-24)37-22(23(30)34)18-7-5-4-6-8-18/h4-8,17,22H,9-14H2,1-3H3,(H2,30,34). The van der Waals surface area contributed by atoms with Crippen molar-refractivity contribution < 1.29 is 14.3 Å². The van der Waals surface area contributed by atoms with Crippen molar-refractivity contribution in [2.24, 2.45) is 5.73 Å². The summed E-state index contributed by atoms with van der Waals surface area (Å²) in [5.74, 6) is 0.0509. The molecule has 37 heavy (non-hydrogen) atoms. The maximum absolute atomic E-state index is 12.5. The van der Waals surface area contributed by atoms with Gasteiger partial charge in [0.2, 0.25) is 5.91 Å². The summed E-state index contributed by atoms with van der Waals surface area (Å²) in [5.41, 5.74) is 7.32. The summed E-state index contributed by atoms with van der Waals surface area (Å²) in [6, 6.07) is 13.7. The molecule has 192 valence electrons. The number of aromatic nitrogens is 1. The van der Waals surface area contributed by atoms with Crippen LogP contribution in [0.15, 0.2) is 35.4 Å². The van der Waals surface area contributed by atoms with Crippen molar-refractivity contribution in [2.45, 2.75) is 55.4 Å². The van der Waals surface area contributed by atoms with Crippen LogP contribution >= 0.6 is 11.8 Å². The van der Waals surface area contributed by atoms with Crippen molar-refractivity contribution >= 4 is 29.6 Å². The molecule has 2 aromatic rings. The molecule has 1 aliphatic carbocycles. The Morgan fingerprint density at radius 2 is 1.70 bits per heavy atom. The van der Waals surface area contributed by atoms with E-state index < -0.39 is 16.8 Å². The third kappa shape index (κ3) is 5.98. The molecule has 1 aromatic carbocycles. The van der Waals surface area contributed by atoms with Gasteiger partial charge in [-0.2, -0.15) is 10.5 Å². The number of hydrogen-bond acceptors (Lipinski definition) is 8. The molecule has 2 amide bonds. The number of primary amides is 1. The number of ether oxygens (including phenoxy) is 1. The Morgan fingerprint density at radius 1 is 1.08 bits per heavy atom. The van der Waals surface area contributed by atoms with Crippen LogP contribution in [0.5, 0.6) is 0 Å². The van der Waals surface area contributed by atoms with E-state index in [1.165, 1.54) is 0 Å². The first-order valence-corrected chi connectivity index (χ1v) is 13.1. The van der Waals surface area contributed by atoms with E-state index in [1.807, 2.05) is 56.0 Å². The summed E-state index contributed by atoms with van der Waals surface area (Å²) in [6.07, 6.45) is 1.41. The monoisotopic (exact) mass is 518 g/mol. The van der Waals surface area contributed by atoms with Crippen molar-refractivity contribution in [2.75, 3.05) is 31.1 Å². The molecule has 1 aromatic heterocycles. The number of rotatable bonds is 6. The zero-order valence-electron chi connectivity index (χ0n) is 21.2. The van der Waals surface area contributed by atoms with Gasteiger partial charge in [0.05, 0.1) is 11.1 Å². The number of nitrogens with zero attached hydrogens (tertiary/aromatic N) is 5. The van der Waals surface area contributed by atoms with Gasteiger partial charge >= 0.3 is 6.09 Å².